The van der Waals surface area contributed by atoms with Crippen LogP contribution in [-0.4, -0.2) is 35.9 Å². The third-order valence-corrected chi connectivity index (χ3v) is 6.08. The Morgan fingerprint density at radius 1 is 1.03 bits per heavy atom. The van der Waals surface area contributed by atoms with Gasteiger partial charge in [0, 0.05) is 12.6 Å². The number of aryl methyl sites for hydroxylation is 1. The molecule has 1 saturated carbocycles. The van der Waals surface area contributed by atoms with Crippen molar-refractivity contribution >= 4 is 11.8 Å². The zero-order chi connectivity index (χ0) is 22.2. The molecule has 2 amide bonds. The number of nitrogens with zero attached hydrogens (tertiary/aromatic N) is 1. The summed E-state index contributed by atoms with van der Waals surface area (Å²) in [6.07, 6.45) is 5.21. The van der Waals surface area contributed by atoms with E-state index in [1.54, 1.807) is 12.0 Å². The average molecular weight is 423 g/mol. The molecular formula is C26H34N2O3. The summed E-state index contributed by atoms with van der Waals surface area (Å²) in [5, 5.41) is 3.19. The summed E-state index contributed by atoms with van der Waals surface area (Å²) in [7, 11) is 1.62. The minimum atomic E-state index is -0.479. The topological polar surface area (TPSA) is 58.6 Å². The first-order valence-corrected chi connectivity index (χ1v) is 11.3. The van der Waals surface area contributed by atoms with E-state index in [1.807, 2.05) is 62.4 Å². The Balaban J connectivity index is 1.79. The molecule has 5 nitrogen and oxygen atoms in total. The summed E-state index contributed by atoms with van der Waals surface area (Å²) < 4.78 is 5.21. The minimum Gasteiger partial charge on any atom is -0.497 e. The summed E-state index contributed by atoms with van der Waals surface area (Å²) in [5.41, 5.74) is 3.11. The monoisotopic (exact) mass is 422 g/mol. The van der Waals surface area contributed by atoms with E-state index in [-0.39, 0.29) is 24.3 Å². The van der Waals surface area contributed by atoms with E-state index in [0.29, 0.717) is 13.0 Å². The van der Waals surface area contributed by atoms with E-state index in [9.17, 15) is 9.59 Å². The fourth-order valence-corrected chi connectivity index (χ4v) is 4.20. The smallest absolute Gasteiger partial charge is 0.243 e. The largest absolute Gasteiger partial charge is 0.497 e. The lowest BCUT2D eigenvalue weighted by atomic mass is 10.1. The van der Waals surface area contributed by atoms with Crippen molar-refractivity contribution < 1.29 is 14.3 Å². The van der Waals surface area contributed by atoms with Crippen molar-refractivity contribution in [2.75, 3.05) is 7.11 Å². The number of ether oxygens (including phenoxy) is 1. The van der Waals surface area contributed by atoms with Crippen LogP contribution in [0.2, 0.25) is 0 Å². The summed E-state index contributed by atoms with van der Waals surface area (Å²) in [5.74, 6) is 0.679. The first-order valence-electron chi connectivity index (χ1n) is 11.3. The molecule has 1 aliphatic carbocycles. The fourth-order valence-electron chi connectivity index (χ4n) is 4.20. The summed E-state index contributed by atoms with van der Waals surface area (Å²) >= 11 is 0. The molecule has 2 aromatic carbocycles. The van der Waals surface area contributed by atoms with Crippen molar-refractivity contribution in [1.82, 2.24) is 10.2 Å². The highest BCUT2D eigenvalue weighted by Crippen LogP contribution is 2.20. The number of carbonyl (C=O) groups excluding carboxylic acids is 2. The molecular weight excluding hydrogens is 388 g/mol. The summed E-state index contributed by atoms with van der Waals surface area (Å²) in [6, 6.07) is 15.4. The Morgan fingerprint density at radius 3 is 2.23 bits per heavy atom. The quantitative estimate of drug-likeness (QED) is 0.651. The highest BCUT2D eigenvalue weighted by Gasteiger charge is 2.30. The first-order chi connectivity index (χ1) is 15.0. The van der Waals surface area contributed by atoms with Gasteiger partial charge in [-0.05, 0) is 49.4 Å². The maximum atomic E-state index is 13.4. The number of rotatable bonds is 9. The molecule has 1 unspecified atom stereocenters. The van der Waals surface area contributed by atoms with Gasteiger partial charge >= 0.3 is 0 Å². The van der Waals surface area contributed by atoms with Crippen molar-refractivity contribution in [2.24, 2.45) is 0 Å². The van der Waals surface area contributed by atoms with E-state index in [2.05, 4.69) is 5.32 Å². The molecule has 166 valence electrons. The van der Waals surface area contributed by atoms with Crippen LogP contribution in [0.1, 0.15) is 55.7 Å². The van der Waals surface area contributed by atoms with Gasteiger partial charge in [0.2, 0.25) is 11.8 Å². The lowest BCUT2D eigenvalue weighted by Gasteiger charge is -2.31. The van der Waals surface area contributed by atoms with Crippen molar-refractivity contribution in [3.8, 4) is 5.75 Å². The summed E-state index contributed by atoms with van der Waals surface area (Å²) in [4.78, 5) is 28.3. The molecule has 0 radical (unpaired) electrons. The van der Waals surface area contributed by atoms with Crippen LogP contribution in [0.5, 0.6) is 5.75 Å². The zero-order valence-corrected chi connectivity index (χ0v) is 18.9. The molecule has 2 aromatic rings. The van der Waals surface area contributed by atoms with Crippen LogP contribution in [-0.2, 0) is 22.6 Å². The predicted octanol–water partition coefficient (Wildman–Crippen LogP) is 4.41. The van der Waals surface area contributed by atoms with Gasteiger partial charge in [0.1, 0.15) is 11.8 Å². The van der Waals surface area contributed by atoms with E-state index in [1.165, 1.54) is 5.56 Å². The predicted molar refractivity (Wildman–Crippen MR) is 123 cm³/mol. The molecule has 0 spiro atoms. The SMILES string of the molecule is CCC(C(=O)NC1CCCC1)N(Cc1ccc(C)cc1)C(=O)Cc1ccc(OC)cc1. The second-order valence-corrected chi connectivity index (χ2v) is 8.45. The van der Waals surface area contributed by atoms with Crippen LogP contribution in [0.3, 0.4) is 0 Å². The number of hydrogen-bond acceptors (Lipinski definition) is 3. The molecule has 0 aliphatic heterocycles. The van der Waals surface area contributed by atoms with Crippen LogP contribution < -0.4 is 10.1 Å². The van der Waals surface area contributed by atoms with Crippen LogP contribution in [0, 0.1) is 6.92 Å². The Labute approximate surface area is 185 Å². The maximum Gasteiger partial charge on any atom is 0.243 e. The zero-order valence-electron chi connectivity index (χ0n) is 18.9. The van der Waals surface area contributed by atoms with Gasteiger partial charge in [-0.25, -0.2) is 0 Å². The van der Waals surface area contributed by atoms with E-state index in [4.69, 9.17) is 4.74 Å². The molecule has 1 atom stereocenters. The third-order valence-electron chi connectivity index (χ3n) is 6.08. The molecule has 0 heterocycles. The Hall–Kier alpha value is -2.82. The Morgan fingerprint density at radius 2 is 1.65 bits per heavy atom. The van der Waals surface area contributed by atoms with Gasteiger partial charge in [0.25, 0.3) is 0 Å². The van der Waals surface area contributed by atoms with Crippen LogP contribution >= 0.6 is 0 Å². The van der Waals surface area contributed by atoms with Crippen molar-refractivity contribution in [3.63, 3.8) is 0 Å². The number of nitrogens with one attached hydrogen (secondary N) is 1. The molecule has 0 saturated heterocycles. The highest BCUT2D eigenvalue weighted by molar-refractivity contribution is 5.88. The molecule has 1 N–H and O–H groups in total. The first kappa shape index (κ1) is 22.9. The van der Waals surface area contributed by atoms with Gasteiger partial charge < -0.3 is 15.0 Å². The molecule has 3 rings (SSSR count). The second kappa shape index (κ2) is 11.0. The lowest BCUT2D eigenvalue weighted by molar-refractivity contribution is -0.141. The third kappa shape index (κ3) is 6.33. The Kier molecular flexibility index (Phi) is 8.10. The van der Waals surface area contributed by atoms with Gasteiger partial charge in [-0.1, -0.05) is 61.7 Å². The second-order valence-electron chi connectivity index (χ2n) is 8.45. The van der Waals surface area contributed by atoms with Crippen molar-refractivity contribution in [3.05, 3.63) is 65.2 Å². The van der Waals surface area contributed by atoms with Crippen LogP contribution in [0.4, 0.5) is 0 Å². The number of methoxy groups -OCH3 is 1. The number of benzene rings is 2. The van der Waals surface area contributed by atoms with E-state index >= 15 is 0 Å². The maximum absolute atomic E-state index is 13.4. The standard InChI is InChI=1S/C26H34N2O3/c1-4-24(26(30)27-22-7-5-6-8-22)28(18-21-11-9-19(2)10-12-21)25(29)17-20-13-15-23(31-3)16-14-20/h9-16,22,24H,4-8,17-18H2,1-3H3,(H,27,30). The summed E-state index contributed by atoms with van der Waals surface area (Å²) in [6.45, 7) is 4.44. The normalized spacial score (nSPS) is 14.8. The average Bonchev–Trinajstić information content (AvgIpc) is 3.28. The molecule has 31 heavy (non-hydrogen) atoms. The lowest BCUT2D eigenvalue weighted by Crippen LogP contribution is -2.51. The highest BCUT2D eigenvalue weighted by atomic mass is 16.5. The van der Waals surface area contributed by atoms with Crippen molar-refractivity contribution in [1.29, 1.82) is 0 Å². The molecule has 0 aromatic heterocycles. The van der Waals surface area contributed by atoms with Gasteiger partial charge in [-0.3, -0.25) is 9.59 Å². The molecule has 5 heteroatoms. The van der Waals surface area contributed by atoms with Gasteiger partial charge in [0.15, 0.2) is 0 Å². The van der Waals surface area contributed by atoms with Gasteiger partial charge in [0.05, 0.1) is 13.5 Å². The molecule has 1 aliphatic rings. The minimum absolute atomic E-state index is 0.0374. The van der Waals surface area contributed by atoms with Crippen LogP contribution in [0.25, 0.3) is 0 Å². The van der Waals surface area contributed by atoms with E-state index < -0.39 is 6.04 Å². The van der Waals surface area contributed by atoms with Crippen LogP contribution in [0.15, 0.2) is 48.5 Å². The number of amides is 2. The van der Waals surface area contributed by atoms with Gasteiger partial charge in [-0.15, -0.1) is 0 Å². The molecule has 1 fully saturated rings. The van der Waals surface area contributed by atoms with Crippen molar-refractivity contribution in [2.45, 2.75) is 71.0 Å². The Bertz CT molecular complexity index is 855. The number of hydrogen-bond donors (Lipinski definition) is 1. The number of carbonyl (C=O) groups is 2. The van der Waals surface area contributed by atoms with E-state index in [0.717, 1.165) is 42.6 Å². The molecule has 0 bridgehead atoms. The van der Waals surface area contributed by atoms with Gasteiger partial charge in [-0.2, -0.15) is 0 Å². The fraction of sp³-hybridized carbons (Fsp3) is 0.462.